The van der Waals surface area contributed by atoms with Crippen LogP contribution in [0.4, 0.5) is 0 Å². The van der Waals surface area contributed by atoms with Crippen LogP contribution in [0.2, 0.25) is 0 Å². The van der Waals surface area contributed by atoms with Crippen LogP contribution < -0.4 is 5.32 Å². The first kappa shape index (κ1) is 13.8. The average molecular weight is 301 g/mol. The Bertz CT molecular complexity index is 714. The molecule has 0 aliphatic carbocycles. The molecule has 1 aliphatic rings. The Labute approximate surface area is 126 Å². The Morgan fingerprint density at radius 2 is 2.33 bits per heavy atom. The first-order valence-electron chi connectivity index (χ1n) is 6.74. The lowest BCUT2D eigenvalue weighted by molar-refractivity contribution is 0.0948. The highest BCUT2D eigenvalue weighted by atomic mass is 32.1. The summed E-state index contributed by atoms with van der Waals surface area (Å²) >= 11 is 1.54. The van der Waals surface area contributed by atoms with E-state index in [0.29, 0.717) is 25.1 Å². The number of aromatic nitrogens is 2. The molecule has 3 heterocycles. The monoisotopic (exact) mass is 301 g/mol. The lowest BCUT2D eigenvalue weighted by Crippen LogP contribution is -2.28. The molecular weight excluding hydrogens is 286 g/mol. The van der Waals surface area contributed by atoms with Crippen molar-refractivity contribution >= 4 is 27.6 Å². The van der Waals surface area contributed by atoms with Gasteiger partial charge in [0, 0.05) is 25.8 Å². The van der Waals surface area contributed by atoms with Crippen molar-refractivity contribution in [2.24, 2.45) is 10.2 Å². The van der Waals surface area contributed by atoms with Crippen molar-refractivity contribution in [1.82, 2.24) is 15.3 Å². The molecule has 0 radical (unpaired) electrons. The lowest BCUT2D eigenvalue weighted by atomic mass is 10.0. The molecule has 2 N–H and O–H groups in total. The summed E-state index contributed by atoms with van der Waals surface area (Å²) in [6, 6.07) is 1.77. The second-order valence-electron chi connectivity index (χ2n) is 5.02. The van der Waals surface area contributed by atoms with Gasteiger partial charge in [-0.1, -0.05) is 0 Å². The van der Waals surface area contributed by atoms with Gasteiger partial charge in [0.15, 0.2) is 5.66 Å². The van der Waals surface area contributed by atoms with Gasteiger partial charge in [0.05, 0.1) is 5.01 Å². The van der Waals surface area contributed by atoms with Crippen LogP contribution in [0, 0.1) is 19.3 Å². The number of nitrogens with zero attached hydrogens (tertiary/aromatic N) is 3. The van der Waals surface area contributed by atoms with Crippen LogP contribution in [-0.4, -0.2) is 28.1 Å². The molecule has 1 aliphatic heterocycles. The van der Waals surface area contributed by atoms with E-state index in [1.54, 1.807) is 17.4 Å². The molecule has 0 fully saturated rings. The second-order valence-corrected chi connectivity index (χ2v) is 6.23. The minimum atomic E-state index is -0.353. The maximum absolute atomic E-state index is 12.1. The molecule has 7 heteroatoms. The minimum absolute atomic E-state index is 0.134. The summed E-state index contributed by atoms with van der Waals surface area (Å²) in [4.78, 5) is 20.4. The third kappa shape index (κ3) is 2.95. The van der Waals surface area contributed by atoms with E-state index in [1.165, 1.54) is 0 Å². The van der Waals surface area contributed by atoms with Gasteiger partial charge in [0.2, 0.25) is 0 Å². The van der Waals surface area contributed by atoms with Gasteiger partial charge in [0.1, 0.15) is 16.0 Å². The number of carbonyl (C=O) groups excluding carboxylic acids is 1. The van der Waals surface area contributed by atoms with E-state index in [4.69, 9.17) is 6.42 Å². The number of H-pyrrole nitrogens is 1. The number of nitrogens with one attached hydrogen (secondary N) is 2. The Balaban J connectivity index is 1.52. The Morgan fingerprint density at radius 1 is 1.52 bits per heavy atom. The highest BCUT2D eigenvalue weighted by Gasteiger charge is 2.38. The number of hydrogen-bond acceptors (Lipinski definition) is 5. The summed E-state index contributed by atoms with van der Waals surface area (Å²) in [7, 11) is 0. The molecule has 0 bridgehead atoms. The predicted octanol–water partition coefficient (Wildman–Crippen LogP) is 2.63. The standard InChI is InChI=1S/C14H15N5OS/c1-3-4-5-14(18-19-14)6-7-15-12(20)10-8-11-13(17-10)21-9(2)16-11/h1,8,17H,4-7H2,2H3,(H,15,20). The van der Waals surface area contributed by atoms with E-state index in [2.05, 4.69) is 31.4 Å². The number of fused-ring (bicyclic) bond motifs is 1. The van der Waals surface area contributed by atoms with Gasteiger partial charge >= 0.3 is 0 Å². The van der Waals surface area contributed by atoms with Crippen LogP contribution in [-0.2, 0) is 0 Å². The van der Waals surface area contributed by atoms with Gasteiger partial charge in [-0.15, -0.1) is 23.7 Å². The van der Waals surface area contributed by atoms with Crippen LogP contribution in [0.25, 0.3) is 10.3 Å². The number of thiazole rings is 1. The van der Waals surface area contributed by atoms with E-state index in [0.717, 1.165) is 21.8 Å². The average Bonchev–Trinajstić information content (AvgIpc) is 2.97. The van der Waals surface area contributed by atoms with Crippen molar-refractivity contribution in [3.8, 4) is 12.3 Å². The van der Waals surface area contributed by atoms with Crippen molar-refractivity contribution in [1.29, 1.82) is 0 Å². The molecule has 3 rings (SSSR count). The van der Waals surface area contributed by atoms with E-state index in [1.807, 2.05) is 6.92 Å². The summed E-state index contributed by atoms with van der Waals surface area (Å²) in [6.45, 7) is 2.46. The second kappa shape index (κ2) is 5.30. The van der Waals surface area contributed by atoms with Crippen molar-refractivity contribution in [2.75, 3.05) is 6.54 Å². The first-order chi connectivity index (χ1) is 10.1. The Morgan fingerprint density at radius 3 is 3.00 bits per heavy atom. The highest BCUT2D eigenvalue weighted by Crippen LogP contribution is 2.36. The first-order valence-corrected chi connectivity index (χ1v) is 7.55. The highest BCUT2D eigenvalue weighted by molar-refractivity contribution is 7.18. The van der Waals surface area contributed by atoms with E-state index in [-0.39, 0.29) is 11.6 Å². The quantitative estimate of drug-likeness (QED) is 0.804. The van der Waals surface area contributed by atoms with Gasteiger partial charge in [0.25, 0.3) is 5.91 Å². The van der Waals surface area contributed by atoms with Crippen LogP contribution >= 0.6 is 11.3 Å². The molecule has 108 valence electrons. The lowest BCUT2D eigenvalue weighted by Gasteiger charge is -2.09. The molecule has 0 aromatic carbocycles. The van der Waals surface area contributed by atoms with E-state index < -0.39 is 0 Å². The Kier molecular flexibility index (Phi) is 3.47. The number of amides is 1. The number of hydrogen-bond donors (Lipinski definition) is 2. The van der Waals surface area contributed by atoms with Crippen molar-refractivity contribution < 1.29 is 4.79 Å². The molecule has 21 heavy (non-hydrogen) atoms. The summed E-state index contributed by atoms with van der Waals surface area (Å²) in [5, 5.41) is 11.9. The van der Waals surface area contributed by atoms with Crippen molar-refractivity contribution in [2.45, 2.75) is 31.8 Å². The largest absolute Gasteiger partial charge is 0.351 e. The van der Waals surface area contributed by atoms with Crippen LogP contribution in [0.1, 0.15) is 34.8 Å². The molecular formula is C14H15N5OS. The minimum Gasteiger partial charge on any atom is -0.351 e. The van der Waals surface area contributed by atoms with Crippen molar-refractivity contribution in [3.63, 3.8) is 0 Å². The van der Waals surface area contributed by atoms with Gasteiger partial charge < -0.3 is 10.3 Å². The maximum Gasteiger partial charge on any atom is 0.267 e. The third-order valence-corrected chi connectivity index (χ3v) is 4.30. The van der Waals surface area contributed by atoms with Crippen LogP contribution in [0.3, 0.4) is 0 Å². The van der Waals surface area contributed by atoms with Gasteiger partial charge in [-0.05, 0) is 13.0 Å². The fraction of sp³-hybridized carbons (Fsp3) is 0.429. The fourth-order valence-corrected chi connectivity index (χ4v) is 3.00. The smallest absolute Gasteiger partial charge is 0.267 e. The summed E-state index contributed by atoms with van der Waals surface area (Å²) in [5.41, 5.74) is 1.01. The van der Waals surface area contributed by atoms with Crippen molar-refractivity contribution in [3.05, 3.63) is 16.8 Å². The summed E-state index contributed by atoms with van der Waals surface area (Å²) in [5.74, 6) is 2.45. The SMILES string of the molecule is C#CCCC1(CCNC(=O)c2cc3nc(C)sc3[nH]2)N=N1. The Hall–Kier alpha value is -2.20. The number of aryl methyl sites for hydroxylation is 1. The number of terminal acetylenes is 1. The summed E-state index contributed by atoms with van der Waals surface area (Å²) < 4.78 is 0. The van der Waals surface area contributed by atoms with Gasteiger partial charge in [-0.2, -0.15) is 10.2 Å². The molecule has 0 saturated carbocycles. The van der Waals surface area contributed by atoms with Gasteiger partial charge in [-0.25, -0.2) is 4.98 Å². The molecule has 2 aromatic heterocycles. The van der Waals surface area contributed by atoms with Gasteiger partial charge in [-0.3, -0.25) is 4.79 Å². The zero-order chi connectivity index (χ0) is 14.9. The zero-order valence-electron chi connectivity index (χ0n) is 11.6. The molecule has 6 nitrogen and oxygen atoms in total. The topological polar surface area (TPSA) is 82.5 Å². The number of rotatable bonds is 6. The van der Waals surface area contributed by atoms with E-state index in [9.17, 15) is 4.79 Å². The third-order valence-electron chi connectivity index (χ3n) is 3.40. The van der Waals surface area contributed by atoms with Crippen LogP contribution in [0.15, 0.2) is 16.3 Å². The predicted molar refractivity (Wildman–Crippen MR) is 81.3 cm³/mol. The summed E-state index contributed by atoms with van der Waals surface area (Å²) in [6.07, 6.45) is 7.33. The molecule has 0 atom stereocenters. The normalized spacial score (nSPS) is 15.0. The molecule has 0 spiro atoms. The fourth-order valence-electron chi connectivity index (χ4n) is 2.19. The maximum atomic E-state index is 12.1. The number of aromatic amines is 1. The molecule has 0 saturated heterocycles. The van der Waals surface area contributed by atoms with Crippen LogP contribution in [0.5, 0.6) is 0 Å². The number of carbonyl (C=O) groups is 1. The molecule has 1 amide bonds. The molecule has 0 unspecified atom stereocenters. The zero-order valence-corrected chi connectivity index (χ0v) is 12.5. The van der Waals surface area contributed by atoms with E-state index >= 15 is 0 Å². The molecule has 2 aromatic rings.